The lowest BCUT2D eigenvalue weighted by molar-refractivity contribution is -0.180. The quantitative estimate of drug-likeness (QED) is 0.821. The van der Waals surface area contributed by atoms with Gasteiger partial charge in [-0.15, -0.1) is 0 Å². The van der Waals surface area contributed by atoms with Crippen LogP contribution < -0.4 is 14.8 Å². The molecule has 0 bridgehead atoms. The zero-order valence-electron chi connectivity index (χ0n) is 10.6. The van der Waals surface area contributed by atoms with Gasteiger partial charge in [-0.2, -0.15) is 0 Å². The van der Waals surface area contributed by atoms with E-state index in [2.05, 4.69) is 5.32 Å². The van der Waals surface area contributed by atoms with E-state index < -0.39 is 5.79 Å². The zero-order chi connectivity index (χ0) is 12.9. The Bertz CT molecular complexity index is 536. The first-order chi connectivity index (χ1) is 8.52. The molecule has 1 N–H and O–H groups in total. The van der Waals surface area contributed by atoms with Crippen molar-refractivity contribution in [3.05, 3.63) is 22.8 Å². The van der Waals surface area contributed by atoms with Crippen LogP contribution in [-0.2, 0) is 17.9 Å². The highest BCUT2D eigenvalue weighted by atomic mass is 16.7. The van der Waals surface area contributed by atoms with Gasteiger partial charge in [-0.3, -0.25) is 4.79 Å². The Morgan fingerprint density at radius 2 is 2.17 bits per heavy atom. The summed E-state index contributed by atoms with van der Waals surface area (Å²) in [6.45, 7) is 4.63. The molecule has 0 spiro atoms. The van der Waals surface area contributed by atoms with Crippen molar-refractivity contribution in [2.75, 3.05) is 7.11 Å². The van der Waals surface area contributed by atoms with Crippen LogP contribution in [0.25, 0.3) is 0 Å². The Morgan fingerprint density at radius 3 is 2.89 bits per heavy atom. The highest BCUT2D eigenvalue weighted by Crippen LogP contribution is 2.42. The minimum absolute atomic E-state index is 0.0843. The molecule has 1 aromatic carbocycles. The molecule has 0 fully saturated rings. The lowest BCUT2D eigenvalue weighted by Gasteiger charge is -2.34. The summed E-state index contributed by atoms with van der Waals surface area (Å²) in [5.41, 5.74) is 2.39. The third-order valence-corrected chi connectivity index (χ3v) is 3.25. The highest BCUT2D eigenvalue weighted by molar-refractivity contribution is 6.00. The van der Waals surface area contributed by atoms with E-state index in [0.29, 0.717) is 24.5 Å². The highest BCUT2D eigenvalue weighted by Gasteiger charge is 2.35. The number of benzene rings is 1. The number of carbonyl (C=O) groups is 1. The molecule has 2 heterocycles. The molecule has 2 aliphatic heterocycles. The predicted octanol–water partition coefficient (Wildman–Crippen LogP) is 1.58. The number of carbonyl (C=O) groups excluding carboxylic acids is 1. The molecule has 1 amide bonds. The van der Waals surface area contributed by atoms with Gasteiger partial charge in [0, 0.05) is 26.0 Å². The molecule has 0 unspecified atom stereocenters. The van der Waals surface area contributed by atoms with Crippen LogP contribution in [0.2, 0.25) is 0 Å². The average Bonchev–Trinajstić information content (AvgIpc) is 2.69. The number of methoxy groups -OCH3 is 1. The fourth-order valence-electron chi connectivity index (χ4n) is 2.33. The van der Waals surface area contributed by atoms with E-state index in [9.17, 15) is 4.79 Å². The minimum Gasteiger partial charge on any atom is -0.496 e. The van der Waals surface area contributed by atoms with E-state index in [1.807, 2.05) is 13.8 Å². The molecular formula is C13H15NO4. The molecule has 0 atom stereocenters. The molecule has 0 saturated carbocycles. The summed E-state index contributed by atoms with van der Waals surface area (Å²) in [6.07, 6.45) is 0. The largest absolute Gasteiger partial charge is 0.496 e. The number of ether oxygens (including phenoxy) is 3. The summed E-state index contributed by atoms with van der Waals surface area (Å²) in [5, 5.41) is 2.80. The van der Waals surface area contributed by atoms with Crippen LogP contribution in [-0.4, -0.2) is 18.8 Å². The minimum atomic E-state index is -0.682. The maximum atomic E-state index is 11.7. The maximum Gasteiger partial charge on any atom is 0.252 e. The Hall–Kier alpha value is -1.75. The van der Waals surface area contributed by atoms with Gasteiger partial charge in [-0.05, 0) is 6.07 Å². The standard InChI is InChI=1S/C13H15NO4/c1-13(2)17-6-9-10(16-3)4-7-8(11(9)18-13)5-14-12(7)15/h4H,5-6H2,1-3H3,(H,14,15). The predicted molar refractivity (Wildman–Crippen MR) is 63.7 cm³/mol. The molecule has 5 heteroatoms. The molecule has 2 aliphatic rings. The number of nitrogens with one attached hydrogen (secondary N) is 1. The normalized spacial score (nSPS) is 19.6. The third kappa shape index (κ3) is 1.54. The molecule has 0 aliphatic carbocycles. The van der Waals surface area contributed by atoms with Crippen LogP contribution in [0.4, 0.5) is 0 Å². The fraction of sp³-hybridized carbons (Fsp3) is 0.462. The number of hydrogen-bond donors (Lipinski definition) is 1. The van der Waals surface area contributed by atoms with E-state index in [4.69, 9.17) is 14.2 Å². The van der Waals surface area contributed by atoms with Gasteiger partial charge in [-0.25, -0.2) is 0 Å². The summed E-state index contributed by atoms with van der Waals surface area (Å²) >= 11 is 0. The van der Waals surface area contributed by atoms with Crippen LogP contribution in [0.1, 0.15) is 35.3 Å². The van der Waals surface area contributed by atoms with Gasteiger partial charge in [-0.1, -0.05) is 0 Å². The second-order valence-corrected chi connectivity index (χ2v) is 4.89. The lowest BCUT2D eigenvalue weighted by atomic mass is 10.0. The first kappa shape index (κ1) is 11.3. The molecule has 96 valence electrons. The van der Waals surface area contributed by atoms with Gasteiger partial charge >= 0.3 is 0 Å². The second kappa shape index (κ2) is 3.62. The molecular weight excluding hydrogens is 234 g/mol. The first-order valence-electron chi connectivity index (χ1n) is 5.86. The van der Waals surface area contributed by atoms with Crippen molar-refractivity contribution in [2.45, 2.75) is 32.8 Å². The topological polar surface area (TPSA) is 56.8 Å². The molecule has 18 heavy (non-hydrogen) atoms. The fourth-order valence-corrected chi connectivity index (χ4v) is 2.33. The van der Waals surface area contributed by atoms with Crippen LogP contribution in [0, 0.1) is 0 Å². The van der Waals surface area contributed by atoms with Crippen molar-refractivity contribution in [3.63, 3.8) is 0 Å². The van der Waals surface area contributed by atoms with Crippen molar-refractivity contribution < 1.29 is 19.0 Å². The number of hydrogen-bond acceptors (Lipinski definition) is 4. The Balaban J connectivity index is 2.21. The van der Waals surface area contributed by atoms with Crippen molar-refractivity contribution in [1.82, 2.24) is 5.32 Å². The van der Waals surface area contributed by atoms with Gasteiger partial charge in [0.25, 0.3) is 5.91 Å². The number of rotatable bonds is 1. The Morgan fingerprint density at radius 1 is 1.39 bits per heavy atom. The van der Waals surface area contributed by atoms with Crippen LogP contribution in [0.5, 0.6) is 11.5 Å². The molecule has 1 aromatic rings. The van der Waals surface area contributed by atoms with Crippen LogP contribution >= 0.6 is 0 Å². The van der Waals surface area contributed by atoms with Gasteiger partial charge in [0.05, 0.1) is 24.8 Å². The van der Waals surface area contributed by atoms with Crippen molar-refractivity contribution in [2.24, 2.45) is 0 Å². The summed E-state index contributed by atoms with van der Waals surface area (Å²) < 4.78 is 16.8. The van der Waals surface area contributed by atoms with Crippen molar-refractivity contribution >= 4 is 5.91 Å². The lowest BCUT2D eigenvalue weighted by Crippen LogP contribution is -2.36. The monoisotopic (exact) mass is 249 g/mol. The smallest absolute Gasteiger partial charge is 0.252 e. The Kier molecular flexibility index (Phi) is 2.28. The van der Waals surface area contributed by atoms with E-state index in [1.54, 1.807) is 13.2 Å². The average molecular weight is 249 g/mol. The van der Waals surface area contributed by atoms with Crippen molar-refractivity contribution in [3.8, 4) is 11.5 Å². The molecule has 3 rings (SSSR count). The Labute approximate surface area is 105 Å². The molecule has 0 aromatic heterocycles. The third-order valence-electron chi connectivity index (χ3n) is 3.25. The van der Waals surface area contributed by atoms with E-state index in [-0.39, 0.29) is 5.91 Å². The van der Waals surface area contributed by atoms with E-state index in [0.717, 1.165) is 16.9 Å². The van der Waals surface area contributed by atoms with Gasteiger partial charge in [0.1, 0.15) is 11.5 Å². The molecule has 0 saturated heterocycles. The van der Waals surface area contributed by atoms with Gasteiger partial charge in [0.15, 0.2) is 0 Å². The van der Waals surface area contributed by atoms with Crippen LogP contribution in [0.15, 0.2) is 6.07 Å². The SMILES string of the molecule is COc1cc2c(c3c1COC(C)(C)O3)CNC2=O. The van der Waals surface area contributed by atoms with Crippen LogP contribution in [0.3, 0.4) is 0 Å². The number of fused-ring (bicyclic) bond motifs is 3. The molecule has 0 radical (unpaired) electrons. The van der Waals surface area contributed by atoms with E-state index in [1.165, 1.54) is 0 Å². The van der Waals surface area contributed by atoms with Gasteiger partial charge in [0.2, 0.25) is 5.79 Å². The van der Waals surface area contributed by atoms with Crippen molar-refractivity contribution in [1.29, 1.82) is 0 Å². The summed E-state index contributed by atoms with van der Waals surface area (Å²) in [7, 11) is 1.58. The summed E-state index contributed by atoms with van der Waals surface area (Å²) in [4.78, 5) is 11.7. The zero-order valence-corrected chi connectivity index (χ0v) is 10.6. The summed E-state index contributed by atoms with van der Waals surface area (Å²) in [5.74, 6) is 0.591. The summed E-state index contributed by atoms with van der Waals surface area (Å²) in [6, 6.07) is 1.75. The number of amides is 1. The first-order valence-corrected chi connectivity index (χ1v) is 5.86. The van der Waals surface area contributed by atoms with Gasteiger partial charge < -0.3 is 19.5 Å². The maximum absolute atomic E-state index is 11.7. The second-order valence-electron chi connectivity index (χ2n) is 4.89. The molecule has 5 nitrogen and oxygen atoms in total. The van der Waals surface area contributed by atoms with E-state index >= 15 is 0 Å².